The third kappa shape index (κ3) is 2.23. The van der Waals surface area contributed by atoms with Crippen molar-refractivity contribution in [2.45, 2.75) is 20.8 Å². The van der Waals surface area contributed by atoms with E-state index in [1.807, 2.05) is 0 Å². The molecule has 0 saturated heterocycles. The number of hydrogen-bond donors (Lipinski definition) is 0. The average Bonchev–Trinajstić information content (AvgIpc) is 1.64. The van der Waals surface area contributed by atoms with Crippen LogP contribution in [0.1, 0.15) is 20.8 Å². The van der Waals surface area contributed by atoms with Crippen molar-refractivity contribution < 1.29 is 8.76 Å². The van der Waals surface area contributed by atoms with Gasteiger partial charge in [-0.3, -0.25) is 4.21 Å². The van der Waals surface area contributed by atoms with Gasteiger partial charge < -0.3 is 4.55 Å². The molecule has 1 unspecified atom stereocenters. The minimum Gasteiger partial charge on any atom is -0.769 e. The summed E-state index contributed by atoms with van der Waals surface area (Å²) in [5, 5.41) is 0. The predicted octanol–water partition coefficient (Wildman–Crippen LogP) is 1.18. The van der Waals surface area contributed by atoms with Crippen molar-refractivity contribution in [3.05, 3.63) is 10.5 Å². The molecule has 0 N–H and O–H groups in total. The van der Waals surface area contributed by atoms with Crippen molar-refractivity contribution >= 4 is 11.1 Å². The Hall–Kier alpha value is -0.150. The minimum atomic E-state index is -2.01. The summed E-state index contributed by atoms with van der Waals surface area (Å²) in [4.78, 5) is 0.435. The normalized spacial score (nSPS) is 13.0. The molecule has 0 aromatic heterocycles. The first kappa shape index (κ1) is 7.85. The highest BCUT2D eigenvalue weighted by atomic mass is 32.2. The highest BCUT2D eigenvalue weighted by molar-refractivity contribution is 7.83. The van der Waals surface area contributed by atoms with Gasteiger partial charge in [0.15, 0.2) is 0 Å². The van der Waals surface area contributed by atoms with Crippen LogP contribution >= 0.6 is 0 Å². The molecule has 0 rings (SSSR count). The lowest BCUT2D eigenvalue weighted by Crippen LogP contribution is -1.89. The standard InChI is InChI=1S/C5H10O2S/c1-4(2)5(3)8(6)7/h1-3H3,(H,6,7)/p-1. The SMILES string of the molecule is CC(C)=C(C)S(=O)[O-]. The Balaban J connectivity index is 4.23. The molecule has 8 heavy (non-hydrogen) atoms. The third-order valence-electron chi connectivity index (χ3n) is 0.954. The van der Waals surface area contributed by atoms with Gasteiger partial charge in [-0.2, -0.15) is 0 Å². The predicted molar refractivity (Wildman–Crippen MR) is 33.0 cm³/mol. The van der Waals surface area contributed by atoms with Crippen molar-refractivity contribution in [1.82, 2.24) is 0 Å². The monoisotopic (exact) mass is 133 g/mol. The van der Waals surface area contributed by atoms with Crippen LogP contribution in [0, 0.1) is 0 Å². The summed E-state index contributed by atoms with van der Waals surface area (Å²) in [6.07, 6.45) is 0. The molecule has 0 saturated carbocycles. The Morgan fingerprint density at radius 1 is 1.38 bits per heavy atom. The fraction of sp³-hybridized carbons (Fsp3) is 0.600. The summed E-state index contributed by atoms with van der Waals surface area (Å²) in [7, 11) is 0. The second kappa shape index (κ2) is 2.99. The molecule has 0 aromatic rings. The van der Waals surface area contributed by atoms with Gasteiger partial charge in [0.25, 0.3) is 0 Å². The summed E-state index contributed by atoms with van der Waals surface area (Å²) in [6, 6.07) is 0. The first-order valence-electron chi connectivity index (χ1n) is 2.29. The summed E-state index contributed by atoms with van der Waals surface area (Å²) >= 11 is -2.01. The van der Waals surface area contributed by atoms with Gasteiger partial charge >= 0.3 is 0 Å². The molecule has 0 spiro atoms. The smallest absolute Gasteiger partial charge is 0.00206 e. The molecule has 0 radical (unpaired) electrons. The van der Waals surface area contributed by atoms with E-state index >= 15 is 0 Å². The van der Waals surface area contributed by atoms with Gasteiger partial charge in [-0.15, -0.1) is 0 Å². The highest BCUT2D eigenvalue weighted by Crippen LogP contribution is 2.03. The maximum atomic E-state index is 10.1. The molecule has 2 nitrogen and oxygen atoms in total. The van der Waals surface area contributed by atoms with Gasteiger partial charge in [0.1, 0.15) is 0 Å². The quantitative estimate of drug-likeness (QED) is 0.504. The molecule has 0 aliphatic rings. The van der Waals surface area contributed by atoms with E-state index in [4.69, 9.17) is 0 Å². The fourth-order valence-electron chi connectivity index (χ4n) is 0.167. The molecular formula is C5H9O2S-. The van der Waals surface area contributed by atoms with E-state index in [1.165, 1.54) is 0 Å². The van der Waals surface area contributed by atoms with Crippen LogP contribution in [-0.2, 0) is 11.1 Å². The number of rotatable bonds is 1. The van der Waals surface area contributed by atoms with Crippen LogP contribution in [0.3, 0.4) is 0 Å². The van der Waals surface area contributed by atoms with Crippen LogP contribution in [0.15, 0.2) is 10.5 Å². The van der Waals surface area contributed by atoms with E-state index < -0.39 is 11.1 Å². The second-order valence-electron chi connectivity index (χ2n) is 1.79. The molecule has 48 valence electrons. The molecule has 0 aliphatic heterocycles. The highest BCUT2D eigenvalue weighted by Gasteiger charge is 1.87. The van der Waals surface area contributed by atoms with Gasteiger partial charge in [0.05, 0.1) is 0 Å². The largest absolute Gasteiger partial charge is 0.769 e. The van der Waals surface area contributed by atoms with Crippen molar-refractivity contribution in [3.63, 3.8) is 0 Å². The van der Waals surface area contributed by atoms with Crippen molar-refractivity contribution in [2.75, 3.05) is 0 Å². The van der Waals surface area contributed by atoms with E-state index in [-0.39, 0.29) is 0 Å². The minimum absolute atomic E-state index is 0.435. The molecule has 1 atom stereocenters. The van der Waals surface area contributed by atoms with Crippen LogP contribution in [0.4, 0.5) is 0 Å². The molecule has 0 fully saturated rings. The van der Waals surface area contributed by atoms with Crippen molar-refractivity contribution in [2.24, 2.45) is 0 Å². The topological polar surface area (TPSA) is 40.1 Å². The van der Waals surface area contributed by atoms with E-state index in [1.54, 1.807) is 20.8 Å². The Labute approximate surface area is 51.9 Å². The fourth-order valence-corrected chi connectivity index (χ4v) is 0.500. The van der Waals surface area contributed by atoms with Crippen LogP contribution in [0.2, 0.25) is 0 Å². The Morgan fingerprint density at radius 3 is 1.75 bits per heavy atom. The summed E-state index contributed by atoms with van der Waals surface area (Å²) < 4.78 is 20.2. The van der Waals surface area contributed by atoms with E-state index in [0.29, 0.717) is 4.91 Å². The molecular weight excluding hydrogens is 124 g/mol. The average molecular weight is 133 g/mol. The maximum Gasteiger partial charge on any atom is -0.00206 e. The zero-order valence-corrected chi connectivity index (χ0v) is 6.04. The molecule has 0 amide bonds. The number of allylic oxidation sites excluding steroid dienone is 2. The molecule has 3 heteroatoms. The molecule has 0 aromatic carbocycles. The first-order chi connectivity index (χ1) is 3.55. The van der Waals surface area contributed by atoms with Crippen LogP contribution in [-0.4, -0.2) is 8.76 Å². The second-order valence-corrected chi connectivity index (χ2v) is 2.87. The lowest BCUT2D eigenvalue weighted by Gasteiger charge is -2.05. The lowest BCUT2D eigenvalue weighted by atomic mass is 10.3. The van der Waals surface area contributed by atoms with Gasteiger partial charge in [-0.05, 0) is 36.8 Å². The summed E-state index contributed by atoms with van der Waals surface area (Å²) in [6.45, 7) is 5.12. The third-order valence-corrected chi connectivity index (χ3v) is 1.86. The lowest BCUT2D eigenvalue weighted by molar-refractivity contribution is 0.543. The van der Waals surface area contributed by atoms with Gasteiger partial charge in [0, 0.05) is 0 Å². The molecule has 0 bridgehead atoms. The van der Waals surface area contributed by atoms with Crippen LogP contribution < -0.4 is 0 Å². The van der Waals surface area contributed by atoms with Crippen LogP contribution in [0.5, 0.6) is 0 Å². The van der Waals surface area contributed by atoms with Gasteiger partial charge in [-0.1, -0.05) is 5.57 Å². The Kier molecular flexibility index (Phi) is 2.94. The van der Waals surface area contributed by atoms with Crippen molar-refractivity contribution in [3.8, 4) is 0 Å². The number of hydrogen-bond acceptors (Lipinski definition) is 2. The Morgan fingerprint density at radius 2 is 1.75 bits per heavy atom. The van der Waals surface area contributed by atoms with E-state index in [9.17, 15) is 8.76 Å². The zero-order chi connectivity index (χ0) is 6.73. The zero-order valence-electron chi connectivity index (χ0n) is 5.22. The Bertz CT molecular complexity index is 133. The summed E-state index contributed by atoms with van der Waals surface area (Å²) in [5.41, 5.74) is 0.846. The maximum absolute atomic E-state index is 10.1. The van der Waals surface area contributed by atoms with Crippen molar-refractivity contribution in [1.29, 1.82) is 0 Å². The van der Waals surface area contributed by atoms with Gasteiger partial charge in [-0.25, -0.2) is 0 Å². The van der Waals surface area contributed by atoms with E-state index in [0.717, 1.165) is 5.57 Å². The molecule has 0 heterocycles. The summed E-state index contributed by atoms with van der Waals surface area (Å²) in [5.74, 6) is 0. The van der Waals surface area contributed by atoms with E-state index in [2.05, 4.69) is 0 Å². The first-order valence-corrected chi connectivity index (χ1v) is 3.36. The van der Waals surface area contributed by atoms with Gasteiger partial charge in [0.2, 0.25) is 0 Å². The molecule has 0 aliphatic carbocycles. The van der Waals surface area contributed by atoms with Crippen LogP contribution in [0.25, 0.3) is 0 Å².